The van der Waals surface area contributed by atoms with Crippen LogP contribution in [-0.2, 0) is 4.74 Å². The first-order chi connectivity index (χ1) is 13.4. The molecular weight excluding hydrogens is 355 g/mol. The second-order valence-corrected chi connectivity index (χ2v) is 8.72. The Hall–Kier alpha value is -2.01. The summed E-state index contributed by atoms with van der Waals surface area (Å²) in [6.07, 6.45) is 8.49. The molecule has 1 N–H and O–H groups in total. The topological polar surface area (TPSA) is 51.2 Å². The van der Waals surface area contributed by atoms with E-state index in [2.05, 4.69) is 24.1 Å². The Morgan fingerprint density at radius 1 is 1.32 bits per heavy atom. The van der Waals surface area contributed by atoms with Crippen LogP contribution in [0.15, 0.2) is 30.5 Å². The lowest BCUT2D eigenvalue weighted by Crippen LogP contribution is -2.51. The molecule has 1 atom stereocenters. The summed E-state index contributed by atoms with van der Waals surface area (Å²) in [7, 11) is 0. The Morgan fingerprint density at radius 3 is 2.79 bits per heavy atom. The van der Waals surface area contributed by atoms with Crippen molar-refractivity contribution in [2.24, 2.45) is 5.92 Å². The number of nitrogens with zero attached hydrogens (tertiary/aromatic N) is 1. The average Bonchev–Trinajstić information content (AvgIpc) is 2.66. The van der Waals surface area contributed by atoms with Gasteiger partial charge in [0.15, 0.2) is 0 Å². The molecule has 0 spiro atoms. The van der Waals surface area contributed by atoms with Crippen LogP contribution in [0.3, 0.4) is 0 Å². The van der Waals surface area contributed by atoms with Crippen molar-refractivity contribution in [1.82, 2.24) is 10.3 Å². The quantitative estimate of drug-likeness (QED) is 0.706. The van der Waals surface area contributed by atoms with Gasteiger partial charge in [-0.3, -0.25) is 9.78 Å². The first-order valence-electron chi connectivity index (χ1n) is 10.3. The van der Waals surface area contributed by atoms with E-state index in [4.69, 9.17) is 4.74 Å². The van der Waals surface area contributed by atoms with E-state index < -0.39 is 5.54 Å². The van der Waals surface area contributed by atoms with Gasteiger partial charge < -0.3 is 10.1 Å². The molecule has 152 valence electrons. The van der Waals surface area contributed by atoms with E-state index in [9.17, 15) is 9.18 Å². The van der Waals surface area contributed by atoms with Crippen molar-refractivity contribution in [2.75, 3.05) is 6.61 Å². The third kappa shape index (κ3) is 5.28. The number of pyridine rings is 1. The smallest absolute Gasteiger partial charge is 0.253 e. The third-order valence-corrected chi connectivity index (χ3v) is 5.39. The zero-order valence-corrected chi connectivity index (χ0v) is 17.1. The Labute approximate surface area is 166 Å². The van der Waals surface area contributed by atoms with Crippen LogP contribution in [0, 0.1) is 11.7 Å². The minimum absolute atomic E-state index is 0.200. The van der Waals surface area contributed by atoms with Gasteiger partial charge in [-0.05, 0) is 44.2 Å². The summed E-state index contributed by atoms with van der Waals surface area (Å²) in [5.41, 5.74) is 0.259. The molecule has 0 radical (unpaired) electrons. The SMILES string of the molecule is CC(C)CC(C)(COC1CCCCC1)NC(=O)c1cnc2c(F)cccc2c1. The van der Waals surface area contributed by atoms with Gasteiger partial charge in [0.1, 0.15) is 11.3 Å². The summed E-state index contributed by atoms with van der Waals surface area (Å²) in [6.45, 7) is 6.83. The van der Waals surface area contributed by atoms with Crippen LogP contribution in [-0.4, -0.2) is 29.1 Å². The molecule has 1 amide bonds. The number of benzene rings is 1. The number of aromatic nitrogens is 1. The minimum atomic E-state index is -0.459. The molecule has 3 rings (SSSR count). The number of hydrogen-bond donors (Lipinski definition) is 1. The molecule has 1 saturated carbocycles. The maximum Gasteiger partial charge on any atom is 0.253 e. The van der Waals surface area contributed by atoms with E-state index in [0.29, 0.717) is 29.6 Å². The number of rotatable bonds is 7. The van der Waals surface area contributed by atoms with Crippen LogP contribution >= 0.6 is 0 Å². The van der Waals surface area contributed by atoms with E-state index in [1.54, 1.807) is 18.2 Å². The summed E-state index contributed by atoms with van der Waals surface area (Å²) >= 11 is 0. The highest BCUT2D eigenvalue weighted by molar-refractivity contribution is 5.97. The average molecular weight is 387 g/mol. The lowest BCUT2D eigenvalue weighted by Gasteiger charge is -2.34. The Kier molecular flexibility index (Phi) is 6.65. The molecule has 4 nitrogen and oxygen atoms in total. The predicted molar refractivity (Wildman–Crippen MR) is 110 cm³/mol. The van der Waals surface area contributed by atoms with Crippen molar-refractivity contribution in [3.05, 3.63) is 41.8 Å². The highest BCUT2D eigenvalue weighted by Gasteiger charge is 2.30. The van der Waals surface area contributed by atoms with Crippen molar-refractivity contribution in [3.8, 4) is 0 Å². The van der Waals surface area contributed by atoms with Gasteiger partial charge in [0.05, 0.1) is 23.8 Å². The highest BCUT2D eigenvalue weighted by Crippen LogP contribution is 2.24. The molecule has 1 aromatic heterocycles. The summed E-state index contributed by atoms with van der Waals surface area (Å²) < 4.78 is 20.0. The summed E-state index contributed by atoms with van der Waals surface area (Å²) in [4.78, 5) is 17.1. The molecule has 1 heterocycles. The largest absolute Gasteiger partial charge is 0.376 e. The van der Waals surface area contributed by atoms with Gasteiger partial charge >= 0.3 is 0 Å². The van der Waals surface area contributed by atoms with E-state index in [1.807, 2.05) is 6.92 Å². The number of ether oxygens (including phenoxy) is 1. The van der Waals surface area contributed by atoms with Gasteiger partial charge in [0.25, 0.3) is 5.91 Å². The second kappa shape index (κ2) is 8.99. The normalized spacial score (nSPS) is 17.6. The summed E-state index contributed by atoms with van der Waals surface area (Å²) in [5.74, 6) is -0.159. The van der Waals surface area contributed by atoms with Crippen molar-refractivity contribution in [1.29, 1.82) is 0 Å². The van der Waals surface area contributed by atoms with Crippen molar-refractivity contribution in [3.63, 3.8) is 0 Å². The minimum Gasteiger partial charge on any atom is -0.376 e. The zero-order valence-electron chi connectivity index (χ0n) is 17.1. The number of carbonyl (C=O) groups excluding carboxylic acids is 1. The number of para-hydroxylation sites is 1. The lowest BCUT2D eigenvalue weighted by molar-refractivity contribution is -0.00884. The molecule has 1 aliphatic rings. The van der Waals surface area contributed by atoms with Gasteiger partial charge in [-0.15, -0.1) is 0 Å². The Morgan fingerprint density at radius 2 is 2.07 bits per heavy atom. The Bertz CT molecular complexity index is 817. The number of amides is 1. The van der Waals surface area contributed by atoms with Gasteiger partial charge in [0, 0.05) is 11.6 Å². The molecular formula is C23H31FN2O2. The summed E-state index contributed by atoms with van der Waals surface area (Å²) in [6, 6.07) is 6.46. The van der Waals surface area contributed by atoms with Crippen LogP contribution in [0.5, 0.6) is 0 Å². The molecule has 0 aliphatic heterocycles. The summed E-state index contributed by atoms with van der Waals surface area (Å²) in [5, 5.41) is 3.78. The fourth-order valence-electron chi connectivity index (χ4n) is 4.17. The standard InChI is InChI=1S/C23H31FN2O2/c1-16(2)13-23(3,15-28-19-9-5-4-6-10-19)26-22(27)18-12-17-8-7-11-20(24)21(17)25-14-18/h7-8,11-12,14,16,19H,4-6,9-10,13,15H2,1-3H3,(H,26,27). The van der Waals surface area contributed by atoms with Crippen LogP contribution in [0.2, 0.25) is 0 Å². The molecule has 1 aromatic carbocycles. The maximum atomic E-state index is 13.8. The molecule has 5 heteroatoms. The van der Waals surface area contributed by atoms with Crippen molar-refractivity contribution >= 4 is 16.8 Å². The van der Waals surface area contributed by atoms with E-state index in [1.165, 1.54) is 31.5 Å². The fourth-order valence-corrected chi connectivity index (χ4v) is 4.17. The van der Waals surface area contributed by atoms with Crippen LogP contribution in [0.25, 0.3) is 10.9 Å². The molecule has 1 unspecified atom stereocenters. The zero-order chi connectivity index (χ0) is 20.1. The molecule has 28 heavy (non-hydrogen) atoms. The van der Waals surface area contributed by atoms with Crippen LogP contribution < -0.4 is 5.32 Å². The first kappa shape index (κ1) is 20.7. The number of halogens is 1. The van der Waals surface area contributed by atoms with Gasteiger partial charge in [-0.2, -0.15) is 0 Å². The van der Waals surface area contributed by atoms with Crippen molar-refractivity contribution < 1.29 is 13.9 Å². The third-order valence-electron chi connectivity index (χ3n) is 5.39. The van der Waals surface area contributed by atoms with Crippen LogP contribution in [0.4, 0.5) is 4.39 Å². The van der Waals surface area contributed by atoms with E-state index >= 15 is 0 Å². The predicted octanol–water partition coefficient (Wildman–Crippen LogP) is 5.26. The monoisotopic (exact) mass is 386 g/mol. The molecule has 0 bridgehead atoms. The molecule has 2 aromatic rings. The highest BCUT2D eigenvalue weighted by atomic mass is 19.1. The van der Waals surface area contributed by atoms with E-state index in [-0.39, 0.29) is 17.2 Å². The molecule has 0 saturated heterocycles. The van der Waals surface area contributed by atoms with Gasteiger partial charge in [-0.25, -0.2) is 4.39 Å². The molecule has 1 aliphatic carbocycles. The van der Waals surface area contributed by atoms with Gasteiger partial charge in [-0.1, -0.05) is 45.2 Å². The van der Waals surface area contributed by atoms with Gasteiger partial charge in [0.2, 0.25) is 0 Å². The van der Waals surface area contributed by atoms with E-state index in [0.717, 1.165) is 19.3 Å². The lowest BCUT2D eigenvalue weighted by atomic mass is 9.90. The maximum absolute atomic E-state index is 13.8. The van der Waals surface area contributed by atoms with Crippen molar-refractivity contribution in [2.45, 2.75) is 70.9 Å². The first-order valence-corrected chi connectivity index (χ1v) is 10.3. The number of carbonyl (C=O) groups is 1. The number of fused-ring (bicyclic) bond motifs is 1. The Balaban J connectivity index is 1.72. The number of nitrogens with one attached hydrogen (secondary N) is 1. The second-order valence-electron chi connectivity index (χ2n) is 8.72. The number of hydrogen-bond acceptors (Lipinski definition) is 3. The fraction of sp³-hybridized carbons (Fsp3) is 0.565. The molecule has 1 fully saturated rings. The van der Waals surface area contributed by atoms with Crippen LogP contribution in [0.1, 0.15) is 69.7 Å².